The number of aromatic nitrogens is 4. The molecular formula is C17H17N5OS. The summed E-state index contributed by atoms with van der Waals surface area (Å²) in [5.74, 6) is -0.239. The van der Waals surface area contributed by atoms with Crippen molar-refractivity contribution in [3.8, 4) is 0 Å². The summed E-state index contributed by atoms with van der Waals surface area (Å²) in [6, 6.07) is 8.29. The minimum Gasteiger partial charge on any atom is -0.297 e. The van der Waals surface area contributed by atoms with E-state index in [0.717, 1.165) is 10.6 Å². The highest BCUT2D eigenvalue weighted by molar-refractivity contribution is 7.15. The van der Waals surface area contributed by atoms with Crippen molar-refractivity contribution in [2.75, 3.05) is 5.32 Å². The van der Waals surface area contributed by atoms with Crippen molar-refractivity contribution in [2.45, 2.75) is 13.3 Å². The zero-order valence-corrected chi connectivity index (χ0v) is 14.2. The standard InChI is InChI=1S/C17H17N5OS/c1-12-3-5-13(6-4-12)9-16-20-21-17(24-16)19-15(23)8-7-14-10-18-22(2)11-14/h3-8,10-11H,9H2,1-2H3,(H,19,21,23)/b8-7+. The highest BCUT2D eigenvalue weighted by atomic mass is 32.1. The Hall–Kier alpha value is -2.80. The number of anilines is 1. The number of benzene rings is 1. The second-order valence-corrected chi connectivity index (χ2v) is 6.50. The zero-order chi connectivity index (χ0) is 16.9. The molecule has 0 saturated carbocycles. The number of amides is 1. The van der Waals surface area contributed by atoms with Crippen molar-refractivity contribution >= 4 is 28.5 Å². The molecule has 1 amide bonds. The number of hydrogen-bond acceptors (Lipinski definition) is 5. The third-order valence-electron chi connectivity index (χ3n) is 3.32. The molecule has 6 nitrogen and oxygen atoms in total. The van der Waals surface area contributed by atoms with Crippen LogP contribution < -0.4 is 5.32 Å². The van der Waals surface area contributed by atoms with E-state index in [9.17, 15) is 4.79 Å². The first kappa shape index (κ1) is 16.1. The Labute approximate surface area is 143 Å². The average molecular weight is 339 g/mol. The molecule has 0 atom stereocenters. The lowest BCUT2D eigenvalue weighted by molar-refractivity contribution is -0.111. The highest BCUT2D eigenvalue weighted by Gasteiger charge is 2.07. The molecule has 0 aliphatic carbocycles. The zero-order valence-electron chi connectivity index (χ0n) is 13.4. The summed E-state index contributed by atoms with van der Waals surface area (Å²) < 4.78 is 1.68. The van der Waals surface area contributed by atoms with Crippen LogP contribution in [0.3, 0.4) is 0 Å². The lowest BCUT2D eigenvalue weighted by Crippen LogP contribution is -2.07. The van der Waals surface area contributed by atoms with Crippen LogP contribution >= 0.6 is 11.3 Å². The maximum Gasteiger partial charge on any atom is 0.250 e. The second kappa shape index (κ2) is 7.18. The third-order valence-corrected chi connectivity index (χ3v) is 4.16. The van der Waals surface area contributed by atoms with Gasteiger partial charge in [-0.2, -0.15) is 5.10 Å². The number of rotatable bonds is 5. The van der Waals surface area contributed by atoms with Gasteiger partial charge in [-0.25, -0.2) is 0 Å². The van der Waals surface area contributed by atoms with E-state index < -0.39 is 0 Å². The number of nitrogens with one attached hydrogen (secondary N) is 1. The Morgan fingerprint density at radius 3 is 2.79 bits per heavy atom. The summed E-state index contributed by atoms with van der Waals surface area (Å²) in [6.07, 6.45) is 7.39. The molecule has 0 aliphatic heterocycles. The fourth-order valence-electron chi connectivity index (χ4n) is 2.10. The topological polar surface area (TPSA) is 72.7 Å². The quantitative estimate of drug-likeness (QED) is 0.726. The van der Waals surface area contributed by atoms with Gasteiger partial charge in [0, 0.05) is 31.3 Å². The predicted molar refractivity (Wildman–Crippen MR) is 94.8 cm³/mol. The van der Waals surface area contributed by atoms with Crippen LogP contribution in [0, 0.1) is 6.92 Å². The van der Waals surface area contributed by atoms with E-state index in [2.05, 4.69) is 51.8 Å². The maximum absolute atomic E-state index is 11.9. The first-order valence-corrected chi connectivity index (χ1v) is 8.26. The average Bonchev–Trinajstić information content (AvgIpc) is 3.17. The smallest absolute Gasteiger partial charge is 0.250 e. The van der Waals surface area contributed by atoms with E-state index in [1.807, 2.05) is 13.2 Å². The van der Waals surface area contributed by atoms with E-state index in [0.29, 0.717) is 11.6 Å². The van der Waals surface area contributed by atoms with Crippen molar-refractivity contribution in [3.05, 3.63) is 64.4 Å². The molecule has 24 heavy (non-hydrogen) atoms. The Bertz CT molecular complexity index is 863. The van der Waals surface area contributed by atoms with Crippen LogP contribution in [0.25, 0.3) is 6.08 Å². The molecule has 2 aromatic heterocycles. The SMILES string of the molecule is Cc1ccc(Cc2nnc(NC(=O)/C=C/c3cnn(C)c3)s2)cc1. The van der Waals surface area contributed by atoms with Crippen molar-refractivity contribution in [1.29, 1.82) is 0 Å². The van der Waals surface area contributed by atoms with E-state index in [1.165, 1.54) is 28.5 Å². The number of carbonyl (C=O) groups is 1. The molecule has 0 bridgehead atoms. The molecule has 3 aromatic rings. The summed E-state index contributed by atoms with van der Waals surface area (Å²) in [5.41, 5.74) is 3.26. The molecule has 122 valence electrons. The Kier molecular flexibility index (Phi) is 4.81. The summed E-state index contributed by atoms with van der Waals surface area (Å²) in [6.45, 7) is 2.06. The van der Waals surface area contributed by atoms with Crippen molar-refractivity contribution in [1.82, 2.24) is 20.0 Å². The van der Waals surface area contributed by atoms with Gasteiger partial charge in [0.05, 0.1) is 6.20 Å². The van der Waals surface area contributed by atoms with E-state index in [4.69, 9.17) is 0 Å². The van der Waals surface area contributed by atoms with E-state index >= 15 is 0 Å². The fourth-order valence-corrected chi connectivity index (χ4v) is 2.88. The summed E-state index contributed by atoms with van der Waals surface area (Å²) in [4.78, 5) is 11.9. The molecule has 0 radical (unpaired) electrons. The van der Waals surface area contributed by atoms with Gasteiger partial charge in [0.2, 0.25) is 11.0 Å². The van der Waals surface area contributed by atoms with Gasteiger partial charge < -0.3 is 0 Å². The van der Waals surface area contributed by atoms with E-state index in [1.54, 1.807) is 17.0 Å². The summed E-state index contributed by atoms with van der Waals surface area (Å²) in [5, 5.41) is 16.3. The van der Waals surface area contributed by atoms with Crippen LogP contribution in [0.2, 0.25) is 0 Å². The number of hydrogen-bond donors (Lipinski definition) is 1. The minimum atomic E-state index is -0.239. The summed E-state index contributed by atoms with van der Waals surface area (Å²) >= 11 is 1.38. The molecule has 2 heterocycles. The van der Waals surface area contributed by atoms with Gasteiger partial charge in [-0.1, -0.05) is 41.2 Å². The number of nitrogens with zero attached hydrogens (tertiary/aromatic N) is 4. The molecule has 7 heteroatoms. The molecule has 0 unspecified atom stereocenters. The molecular weight excluding hydrogens is 322 g/mol. The molecule has 0 saturated heterocycles. The van der Waals surface area contributed by atoms with Gasteiger partial charge in [0.1, 0.15) is 5.01 Å². The van der Waals surface area contributed by atoms with Gasteiger partial charge in [-0.3, -0.25) is 14.8 Å². The van der Waals surface area contributed by atoms with Crippen LogP contribution in [0.5, 0.6) is 0 Å². The van der Waals surface area contributed by atoms with Crippen molar-refractivity contribution in [2.24, 2.45) is 7.05 Å². The van der Waals surface area contributed by atoms with Crippen LogP contribution in [0.1, 0.15) is 21.7 Å². The fraction of sp³-hybridized carbons (Fsp3) is 0.176. The molecule has 3 rings (SSSR count). The molecule has 0 aliphatic rings. The molecule has 0 fully saturated rings. The maximum atomic E-state index is 11.9. The van der Waals surface area contributed by atoms with Gasteiger partial charge in [-0.05, 0) is 18.6 Å². The van der Waals surface area contributed by atoms with E-state index in [-0.39, 0.29) is 5.91 Å². The predicted octanol–water partition coefficient (Wildman–Crippen LogP) is 2.82. The Balaban J connectivity index is 1.58. The second-order valence-electron chi connectivity index (χ2n) is 5.43. The van der Waals surface area contributed by atoms with Crippen LogP contribution in [-0.2, 0) is 18.3 Å². The largest absolute Gasteiger partial charge is 0.297 e. The lowest BCUT2D eigenvalue weighted by Gasteiger charge is -1.97. The van der Waals surface area contributed by atoms with Gasteiger partial charge in [-0.15, -0.1) is 10.2 Å². The molecule has 1 aromatic carbocycles. The third kappa shape index (κ3) is 4.36. The highest BCUT2D eigenvalue weighted by Crippen LogP contribution is 2.19. The monoisotopic (exact) mass is 339 g/mol. The number of carbonyl (C=O) groups excluding carboxylic acids is 1. The van der Waals surface area contributed by atoms with Crippen molar-refractivity contribution in [3.63, 3.8) is 0 Å². The van der Waals surface area contributed by atoms with Crippen LogP contribution in [0.4, 0.5) is 5.13 Å². The molecule has 0 spiro atoms. The van der Waals surface area contributed by atoms with Gasteiger partial charge >= 0.3 is 0 Å². The lowest BCUT2D eigenvalue weighted by atomic mass is 10.1. The summed E-state index contributed by atoms with van der Waals surface area (Å²) in [7, 11) is 1.83. The van der Waals surface area contributed by atoms with Crippen LogP contribution in [-0.4, -0.2) is 25.9 Å². The first-order chi connectivity index (χ1) is 11.6. The van der Waals surface area contributed by atoms with Gasteiger partial charge in [0.25, 0.3) is 0 Å². The Morgan fingerprint density at radius 2 is 2.08 bits per heavy atom. The van der Waals surface area contributed by atoms with Crippen LogP contribution in [0.15, 0.2) is 42.7 Å². The Morgan fingerprint density at radius 1 is 1.29 bits per heavy atom. The number of aryl methyl sites for hydroxylation is 2. The minimum absolute atomic E-state index is 0.239. The molecule has 1 N–H and O–H groups in total. The normalized spacial score (nSPS) is 11.1. The van der Waals surface area contributed by atoms with Gasteiger partial charge in [0.15, 0.2) is 0 Å². The first-order valence-electron chi connectivity index (χ1n) is 7.44. The van der Waals surface area contributed by atoms with Crippen molar-refractivity contribution < 1.29 is 4.79 Å².